The number of furan rings is 1. The molecule has 2 N–H and O–H groups in total. The number of aliphatic hydroxyl groups excluding tert-OH is 1. The number of benzene rings is 1. The summed E-state index contributed by atoms with van der Waals surface area (Å²) in [5.74, 6) is 0.327. The Morgan fingerprint density at radius 2 is 1.87 bits per heavy atom. The Balaban J connectivity index is 2.08. The first-order chi connectivity index (χ1) is 10.8. The van der Waals surface area contributed by atoms with Crippen LogP contribution < -0.4 is 4.72 Å². The molecule has 1 aromatic carbocycles. The van der Waals surface area contributed by atoms with Crippen molar-refractivity contribution < 1.29 is 17.9 Å². The molecule has 0 amide bonds. The van der Waals surface area contributed by atoms with Crippen molar-refractivity contribution in [1.29, 1.82) is 0 Å². The molecule has 6 heteroatoms. The average Bonchev–Trinajstić information content (AvgIpc) is 3.07. The highest BCUT2D eigenvalue weighted by Crippen LogP contribution is 2.27. The predicted molar refractivity (Wildman–Crippen MR) is 88.6 cm³/mol. The average molecular weight is 337 g/mol. The highest BCUT2D eigenvalue weighted by Gasteiger charge is 2.21. The minimum atomic E-state index is -3.67. The molecule has 23 heavy (non-hydrogen) atoms. The van der Waals surface area contributed by atoms with Gasteiger partial charge < -0.3 is 9.52 Å². The number of rotatable bonds is 7. The second kappa shape index (κ2) is 6.86. The number of hydrogen-bond donors (Lipinski definition) is 2. The van der Waals surface area contributed by atoms with Crippen LogP contribution in [0.15, 0.2) is 52.0 Å². The van der Waals surface area contributed by atoms with Gasteiger partial charge in [0, 0.05) is 6.54 Å². The monoisotopic (exact) mass is 337 g/mol. The molecule has 1 aromatic heterocycles. The molecule has 0 radical (unpaired) electrons. The van der Waals surface area contributed by atoms with Gasteiger partial charge in [0.2, 0.25) is 10.0 Å². The van der Waals surface area contributed by atoms with Gasteiger partial charge in [-0.25, -0.2) is 13.1 Å². The zero-order valence-electron chi connectivity index (χ0n) is 13.6. The SMILES string of the molecule is CCC(C)(C)c1ccc(S(=O)(=O)NCC(O)c2ccco2)cc1. The van der Waals surface area contributed by atoms with Crippen molar-refractivity contribution in [2.75, 3.05) is 6.54 Å². The number of aliphatic hydroxyl groups is 1. The molecule has 1 heterocycles. The number of nitrogens with one attached hydrogen (secondary N) is 1. The molecule has 1 unspecified atom stereocenters. The van der Waals surface area contributed by atoms with Gasteiger partial charge in [-0.1, -0.05) is 32.9 Å². The van der Waals surface area contributed by atoms with Gasteiger partial charge in [-0.15, -0.1) is 0 Å². The van der Waals surface area contributed by atoms with Crippen LogP contribution in [0, 0.1) is 0 Å². The standard InChI is InChI=1S/C17H23NO4S/c1-4-17(2,3)13-7-9-14(10-8-13)23(20,21)18-12-15(19)16-6-5-11-22-16/h5-11,15,18-19H,4,12H2,1-3H3. The van der Waals surface area contributed by atoms with E-state index in [2.05, 4.69) is 25.5 Å². The number of sulfonamides is 1. The summed E-state index contributed by atoms with van der Waals surface area (Å²) in [6.07, 6.45) is 1.38. The molecule has 2 aromatic rings. The quantitative estimate of drug-likeness (QED) is 0.814. The summed E-state index contributed by atoms with van der Waals surface area (Å²) in [6, 6.07) is 10.1. The van der Waals surface area contributed by atoms with Gasteiger partial charge in [0.1, 0.15) is 11.9 Å². The Labute approximate surface area is 137 Å². The van der Waals surface area contributed by atoms with E-state index in [4.69, 9.17) is 4.42 Å². The number of hydrogen-bond acceptors (Lipinski definition) is 4. The van der Waals surface area contributed by atoms with Crippen LogP contribution in [0.25, 0.3) is 0 Å². The minimum Gasteiger partial charge on any atom is -0.467 e. The zero-order valence-corrected chi connectivity index (χ0v) is 14.4. The molecule has 1 atom stereocenters. The molecule has 0 saturated carbocycles. The maximum atomic E-state index is 12.3. The van der Waals surface area contributed by atoms with Crippen molar-refractivity contribution in [1.82, 2.24) is 4.72 Å². The summed E-state index contributed by atoms with van der Waals surface area (Å²) in [5.41, 5.74) is 1.10. The van der Waals surface area contributed by atoms with Gasteiger partial charge in [-0.05, 0) is 41.7 Å². The lowest BCUT2D eigenvalue weighted by molar-refractivity contribution is 0.154. The van der Waals surface area contributed by atoms with E-state index in [0.717, 1.165) is 12.0 Å². The summed E-state index contributed by atoms with van der Waals surface area (Å²) in [4.78, 5) is 0.180. The Hall–Kier alpha value is -1.63. The topological polar surface area (TPSA) is 79.5 Å². The van der Waals surface area contributed by atoms with Gasteiger partial charge >= 0.3 is 0 Å². The van der Waals surface area contributed by atoms with Crippen LogP contribution in [0.1, 0.15) is 44.6 Å². The molecule has 0 spiro atoms. The third-order valence-corrected chi connectivity index (χ3v) is 5.61. The lowest BCUT2D eigenvalue weighted by Crippen LogP contribution is -2.28. The van der Waals surface area contributed by atoms with Crippen LogP contribution in [0.4, 0.5) is 0 Å². The van der Waals surface area contributed by atoms with Gasteiger partial charge in [-0.3, -0.25) is 0 Å². The van der Waals surface area contributed by atoms with Crippen molar-refractivity contribution >= 4 is 10.0 Å². The smallest absolute Gasteiger partial charge is 0.240 e. The van der Waals surface area contributed by atoms with Crippen LogP contribution in [0.3, 0.4) is 0 Å². The van der Waals surface area contributed by atoms with E-state index in [9.17, 15) is 13.5 Å². The molecule has 0 bridgehead atoms. The molecule has 0 aliphatic rings. The molecule has 0 aliphatic heterocycles. The lowest BCUT2D eigenvalue weighted by atomic mass is 9.82. The summed E-state index contributed by atoms with van der Waals surface area (Å²) >= 11 is 0. The molecule has 0 fully saturated rings. The Bertz CT molecular complexity index is 718. The minimum absolute atomic E-state index is 0.00516. The Morgan fingerprint density at radius 1 is 1.22 bits per heavy atom. The molecular weight excluding hydrogens is 314 g/mol. The molecule has 5 nitrogen and oxygen atoms in total. The summed E-state index contributed by atoms with van der Waals surface area (Å²) in [7, 11) is -3.67. The first-order valence-electron chi connectivity index (χ1n) is 7.58. The van der Waals surface area contributed by atoms with Gasteiger partial charge in [0.05, 0.1) is 11.2 Å². The molecule has 126 valence electrons. The van der Waals surface area contributed by atoms with Crippen LogP contribution in [0.5, 0.6) is 0 Å². The van der Waals surface area contributed by atoms with E-state index in [0.29, 0.717) is 5.76 Å². The van der Waals surface area contributed by atoms with E-state index in [-0.39, 0.29) is 16.9 Å². The van der Waals surface area contributed by atoms with Gasteiger partial charge in [0.25, 0.3) is 0 Å². The Morgan fingerprint density at radius 3 is 2.39 bits per heavy atom. The normalized spacial score (nSPS) is 13.9. The van der Waals surface area contributed by atoms with Crippen LogP contribution in [0.2, 0.25) is 0 Å². The van der Waals surface area contributed by atoms with Crippen molar-refractivity contribution in [3.8, 4) is 0 Å². The molecule has 0 saturated heterocycles. The van der Waals surface area contributed by atoms with Crippen LogP contribution in [-0.4, -0.2) is 20.1 Å². The van der Waals surface area contributed by atoms with Crippen molar-refractivity contribution in [2.45, 2.75) is 43.6 Å². The van der Waals surface area contributed by atoms with Gasteiger partial charge in [0.15, 0.2) is 0 Å². The second-order valence-corrected chi connectivity index (χ2v) is 7.91. The Kier molecular flexibility index (Phi) is 5.29. The van der Waals surface area contributed by atoms with Crippen molar-refractivity contribution in [3.63, 3.8) is 0 Å². The molecular formula is C17H23NO4S. The highest BCUT2D eigenvalue weighted by atomic mass is 32.2. The maximum absolute atomic E-state index is 12.3. The van der Waals surface area contributed by atoms with Crippen molar-refractivity contribution in [3.05, 3.63) is 54.0 Å². The largest absolute Gasteiger partial charge is 0.467 e. The first kappa shape index (κ1) is 17.7. The molecule has 0 aliphatic carbocycles. The van der Waals surface area contributed by atoms with E-state index in [1.54, 1.807) is 24.3 Å². The summed E-state index contributed by atoms with van der Waals surface area (Å²) in [6.45, 7) is 6.20. The molecule has 2 rings (SSSR count). The fourth-order valence-corrected chi connectivity index (χ4v) is 3.18. The van der Waals surface area contributed by atoms with E-state index in [1.165, 1.54) is 6.26 Å². The fourth-order valence-electron chi connectivity index (χ4n) is 2.14. The first-order valence-corrected chi connectivity index (χ1v) is 9.06. The van der Waals surface area contributed by atoms with Crippen molar-refractivity contribution in [2.24, 2.45) is 0 Å². The third kappa shape index (κ3) is 4.22. The van der Waals surface area contributed by atoms with Crippen LogP contribution in [-0.2, 0) is 15.4 Å². The summed E-state index contributed by atoms with van der Waals surface area (Å²) < 4.78 is 32.0. The maximum Gasteiger partial charge on any atom is 0.240 e. The fraction of sp³-hybridized carbons (Fsp3) is 0.412. The van der Waals surface area contributed by atoms with E-state index < -0.39 is 16.1 Å². The van der Waals surface area contributed by atoms with E-state index >= 15 is 0 Å². The zero-order chi connectivity index (χ0) is 17.1. The highest BCUT2D eigenvalue weighted by molar-refractivity contribution is 7.89. The van der Waals surface area contributed by atoms with Gasteiger partial charge in [-0.2, -0.15) is 0 Å². The second-order valence-electron chi connectivity index (χ2n) is 6.14. The lowest BCUT2D eigenvalue weighted by Gasteiger charge is -2.23. The van der Waals surface area contributed by atoms with Crippen LogP contribution >= 0.6 is 0 Å². The third-order valence-electron chi connectivity index (χ3n) is 4.17. The summed E-state index contributed by atoms with van der Waals surface area (Å²) in [5, 5.41) is 9.88. The van der Waals surface area contributed by atoms with E-state index in [1.807, 2.05) is 12.1 Å². The predicted octanol–water partition coefficient (Wildman–Crippen LogP) is 2.98.